The van der Waals surface area contributed by atoms with E-state index in [0.29, 0.717) is 11.8 Å². The third kappa shape index (κ3) is 5.41. The Balaban J connectivity index is 1.08. The second-order valence-electron chi connectivity index (χ2n) is 18.4. The first-order valence-electron chi connectivity index (χ1n) is 22.4. The minimum absolute atomic E-state index is 0.0966. The number of rotatable bonds is 7. The third-order valence-corrected chi connectivity index (χ3v) is 15.0. The summed E-state index contributed by atoms with van der Waals surface area (Å²) in [7, 11) is 0. The van der Waals surface area contributed by atoms with Gasteiger partial charge in [-0.05, 0) is 154 Å². The van der Waals surface area contributed by atoms with Crippen molar-refractivity contribution in [2.45, 2.75) is 56.8 Å². The van der Waals surface area contributed by atoms with E-state index in [0.717, 1.165) is 12.8 Å². The molecule has 0 amide bonds. The Hall–Kier alpha value is -6.64. The van der Waals surface area contributed by atoms with E-state index in [-0.39, 0.29) is 10.8 Å². The molecular formula is C59H50N2. The van der Waals surface area contributed by atoms with Gasteiger partial charge in [-0.25, -0.2) is 0 Å². The largest absolute Gasteiger partial charge is 0.310 e. The molecule has 0 aromatic heterocycles. The van der Waals surface area contributed by atoms with Crippen molar-refractivity contribution in [3.05, 3.63) is 228 Å². The lowest BCUT2D eigenvalue weighted by Gasteiger charge is -2.46. The monoisotopic (exact) mass is 786 g/mol. The molecule has 1 fully saturated rings. The first-order valence-corrected chi connectivity index (χ1v) is 22.4. The highest BCUT2D eigenvalue weighted by atomic mass is 15.2. The van der Waals surface area contributed by atoms with Crippen LogP contribution in [0.15, 0.2) is 194 Å². The summed E-state index contributed by atoms with van der Waals surface area (Å²) < 4.78 is 0. The summed E-state index contributed by atoms with van der Waals surface area (Å²) in [5.41, 5.74) is 21.3. The minimum atomic E-state index is -0.133. The fourth-order valence-corrected chi connectivity index (χ4v) is 12.5. The molecule has 0 aliphatic heterocycles. The number of nitrogens with zero attached hydrogens (tertiary/aromatic N) is 2. The second kappa shape index (κ2) is 14.0. The van der Waals surface area contributed by atoms with Gasteiger partial charge in [0.1, 0.15) is 0 Å². The summed E-state index contributed by atoms with van der Waals surface area (Å²) in [4.78, 5) is 5.17. The molecule has 0 N–H and O–H groups in total. The fourth-order valence-electron chi connectivity index (χ4n) is 12.5. The molecule has 2 heteroatoms. The van der Waals surface area contributed by atoms with E-state index in [1.54, 1.807) is 11.1 Å². The average Bonchev–Trinajstić information content (AvgIpc) is 3.93. The Morgan fingerprint density at radius 2 is 0.885 bits per heavy atom. The van der Waals surface area contributed by atoms with Crippen molar-refractivity contribution in [2.24, 2.45) is 11.8 Å². The van der Waals surface area contributed by atoms with Gasteiger partial charge >= 0.3 is 0 Å². The molecule has 0 bridgehead atoms. The van der Waals surface area contributed by atoms with Gasteiger partial charge in [0, 0.05) is 33.6 Å². The maximum atomic E-state index is 2.61. The van der Waals surface area contributed by atoms with Gasteiger partial charge in [0.2, 0.25) is 0 Å². The van der Waals surface area contributed by atoms with Crippen LogP contribution in [0.2, 0.25) is 0 Å². The number of benzene rings is 8. The lowest BCUT2D eigenvalue weighted by Crippen LogP contribution is -2.42. The molecule has 0 saturated heterocycles. The molecule has 4 aliphatic carbocycles. The van der Waals surface area contributed by atoms with Gasteiger partial charge in [0.05, 0.1) is 11.4 Å². The van der Waals surface area contributed by atoms with Crippen LogP contribution in [0.4, 0.5) is 34.1 Å². The highest BCUT2D eigenvalue weighted by Crippen LogP contribution is 2.67. The van der Waals surface area contributed by atoms with Crippen LogP contribution in [-0.2, 0) is 23.7 Å². The summed E-state index contributed by atoms with van der Waals surface area (Å²) in [5, 5.41) is 0. The molecule has 1 spiro atoms. The predicted molar refractivity (Wildman–Crippen MR) is 254 cm³/mol. The van der Waals surface area contributed by atoms with Crippen LogP contribution >= 0.6 is 0 Å². The van der Waals surface area contributed by atoms with Gasteiger partial charge in [-0.2, -0.15) is 0 Å². The van der Waals surface area contributed by atoms with Crippen molar-refractivity contribution in [2.75, 3.05) is 9.80 Å². The van der Waals surface area contributed by atoms with Crippen LogP contribution in [0.1, 0.15) is 66.5 Å². The van der Waals surface area contributed by atoms with Crippen molar-refractivity contribution in [1.29, 1.82) is 0 Å². The Morgan fingerprint density at radius 1 is 0.410 bits per heavy atom. The maximum absolute atomic E-state index is 2.61. The lowest BCUT2D eigenvalue weighted by atomic mass is 9.58. The van der Waals surface area contributed by atoms with Crippen molar-refractivity contribution >= 4 is 34.1 Å². The summed E-state index contributed by atoms with van der Waals surface area (Å²) in [5.74, 6) is 1.04. The summed E-state index contributed by atoms with van der Waals surface area (Å²) in [6.45, 7) is 4.80. The zero-order valence-electron chi connectivity index (χ0n) is 35.1. The first-order chi connectivity index (χ1) is 30.0. The van der Waals surface area contributed by atoms with Crippen LogP contribution in [0, 0.1) is 11.8 Å². The van der Waals surface area contributed by atoms with Crippen molar-refractivity contribution in [3.8, 4) is 22.3 Å². The van der Waals surface area contributed by atoms with Gasteiger partial charge < -0.3 is 9.80 Å². The van der Waals surface area contributed by atoms with Gasteiger partial charge in [-0.1, -0.05) is 154 Å². The quantitative estimate of drug-likeness (QED) is 0.159. The molecule has 61 heavy (non-hydrogen) atoms. The SMILES string of the molecule is CC1(C)c2ccccc2-c2ccc(N(c3ccccc3)c3cccc4c3C35c6c(cccc6N(c6ccccc6)c6ccc(-c7ccccc7)cc6)CC3CCCC5C4)cc21. The third-order valence-electron chi connectivity index (χ3n) is 15.0. The van der Waals surface area contributed by atoms with E-state index in [4.69, 9.17) is 0 Å². The predicted octanol–water partition coefficient (Wildman–Crippen LogP) is 15.4. The van der Waals surface area contributed by atoms with E-state index in [2.05, 4.69) is 218 Å². The average molecular weight is 787 g/mol. The maximum Gasteiger partial charge on any atom is 0.0505 e. The zero-order chi connectivity index (χ0) is 40.7. The molecule has 1 saturated carbocycles. The summed E-state index contributed by atoms with van der Waals surface area (Å²) in [6.07, 6.45) is 5.99. The molecule has 12 rings (SSSR count). The molecule has 3 atom stereocenters. The van der Waals surface area contributed by atoms with Gasteiger partial charge in [-0.15, -0.1) is 0 Å². The van der Waals surface area contributed by atoms with Crippen molar-refractivity contribution < 1.29 is 0 Å². The van der Waals surface area contributed by atoms with Crippen LogP contribution in [0.5, 0.6) is 0 Å². The smallest absolute Gasteiger partial charge is 0.0505 e. The highest BCUT2D eigenvalue weighted by molar-refractivity contribution is 5.89. The van der Waals surface area contributed by atoms with Gasteiger partial charge in [-0.3, -0.25) is 0 Å². The Morgan fingerprint density at radius 3 is 1.49 bits per heavy atom. The molecule has 8 aromatic rings. The molecule has 4 aliphatic rings. The molecule has 296 valence electrons. The minimum Gasteiger partial charge on any atom is -0.310 e. The molecule has 0 heterocycles. The molecular weight excluding hydrogens is 737 g/mol. The van der Waals surface area contributed by atoms with E-state index in [1.807, 2.05) is 0 Å². The van der Waals surface area contributed by atoms with Crippen LogP contribution in [0.25, 0.3) is 22.3 Å². The normalized spacial score (nSPS) is 19.8. The number of fused-ring (bicyclic) bond motifs is 5. The summed E-state index contributed by atoms with van der Waals surface area (Å²) in [6, 6.07) is 73.0. The standard InChI is InChI=1S/C59H50N2/c1-58(2)52-28-13-12-27-50(52)51-36-35-49(39-53(51)58)61(47-25-10-5-11-26-47)55-30-15-20-43-38-45-22-16-21-44-37-42-19-14-29-54(56(42)59(44,45)57(43)55)60(46-23-8-4-9-24-46)48-33-31-41(32-34-48)40-17-6-3-7-18-40/h3-15,17-20,23-36,39,44-45H,16,21-22,37-38H2,1-2H3. The number of anilines is 6. The molecule has 0 radical (unpaired) electrons. The number of hydrogen-bond donors (Lipinski definition) is 0. The molecule has 3 unspecified atom stereocenters. The van der Waals surface area contributed by atoms with Crippen LogP contribution < -0.4 is 9.80 Å². The van der Waals surface area contributed by atoms with Crippen molar-refractivity contribution in [3.63, 3.8) is 0 Å². The first kappa shape index (κ1) is 36.2. The zero-order valence-corrected chi connectivity index (χ0v) is 35.1. The number of para-hydroxylation sites is 2. The van der Waals surface area contributed by atoms with Crippen molar-refractivity contribution in [1.82, 2.24) is 0 Å². The fraction of sp³-hybridized carbons (Fsp3) is 0.186. The highest BCUT2D eigenvalue weighted by Gasteiger charge is 2.60. The Bertz CT molecular complexity index is 2920. The van der Waals surface area contributed by atoms with E-state index < -0.39 is 0 Å². The lowest BCUT2D eigenvalue weighted by molar-refractivity contribution is 0.177. The van der Waals surface area contributed by atoms with Gasteiger partial charge in [0.15, 0.2) is 0 Å². The summed E-state index contributed by atoms with van der Waals surface area (Å²) >= 11 is 0. The Kier molecular flexibility index (Phi) is 8.29. The second-order valence-corrected chi connectivity index (χ2v) is 18.4. The van der Waals surface area contributed by atoms with E-state index in [9.17, 15) is 0 Å². The van der Waals surface area contributed by atoms with E-state index in [1.165, 1.54) is 97.9 Å². The Labute approximate surface area is 360 Å². The van der Waals surface area contributed by atoms with Crippen LogP contribution in [0.3, 0.4) is 0 Å². The number of hydrogen-bond acceptors (Lipinski definition) is 2. The molecule has 8 aromatic carbocycles. The topological polar surface area (TPSA) is 6.48 Å². The van der Waals surface area contributed by atoms with Gasteiger partial charge in [0.25, 0.3) is 0 Å². The molecule has 2 nitrogen and oxygen atoms in total. The van der Waals surface area contributed by atoms with Crippen LogP contribution in [-0.4, -0.2) is 0 Å². The van der Waals surface area contributed by atoms with E-state index >= 15 is 0 Å².